The van der Waals surface area contributed by atoms with Crippen LogP contribution >= 0.6 is 0 Å². The van der Waals surface area contributed by atoms with E-state index in [1.54, 1.807) is 0 Å². The summed E-state index contributed by atoms with van der Waals surface area (Å²) in [7, 11) is 0. The Morgan fingerprint density at radius 2 is 2.00 bits per heavy atom. The van der Waals surface area contributed by atoms with E-state index in [2.05, 4.69) is 20.8 Å². The van der Waals surface area contributed by atoms with Crippen molar-refractivity contribution in [2.45, 2.75) is 40.0 Å². The van der Waals surface area contributed by atoms with Crippen molar-refractivity contribution < 1.29 is 0 Å². The predicted molar refractivity (Wildman–Crippen MR) is 51.8 cm³/mol. The molecule has 70 valence electrons. The van der Waals surface area contributed by atoms with Gasteiger partial charge in [0.15, 0.2) is 0 Å². The molecule has 0 saturated heterocycles. The molecule has 3 aliphatic rings. The van der Waals surface area contributed by atoms with Gasteiger partial charge in [-0.3, -0.25) is 0 Å². The first-order chi connectivity index (χ1) is 5.50. The van der Waals surface area contributed by atoms with Crippen molar-refractivity contribution in [3.05, 3.63) is 0 Å². The van der Waals surface area contributed by atoms with Crippen LogP contribution in [0.2, 0.25) is 0 Å². The Kier molecular flexibility index (Phi) is 1.61. The van der Waals surface area contributed by atoms with Gasteiger partial charge in [-0.05, 0) is 48.5 Å². The SMILES string of the molecule is CC1(CN)CC[C@H]2C[C@@H]1C2(C)C. The highest BCUT2D eigenvalue weighted by Gasteiger charge is 2.58. The third-order valence-corrected chi connectivity index (χ3v) is 4.84. The molecule has 0 aliphatic heterocycles. The van der Waals surface area contributed by atoms with Crippen molar-refractivity contribution in [1.82, 2.24) is 0 Å². The number of hydrogen-bond acceptors (Lipinski definition) is 1. The minimum Gasteiger partial charge on any atom is -0.330 e. The molecule has 1 nitrogen and oxygen atoms in total. The highest BCUT2D eigenvalue weighted by molar-refractivity contribution is 5.08. The second-order valence-electron chi connectivity index (χ2n) is 5.70. The van der Waals surface area contributed by atoms with Crippen LogP contribution in [0.15, 0.2) is 0 Å². The summed E-state index contributed by atoms with van der Waals surface area (Å²) in [4.78, 5) is 0. The van der Waals surface area contributed by atoms with E-state index in [1.165, 1.54) is 19.3 Å². The predicted octanol–water partition coefficient (Wildman–Crippen LogP) is 2.41. The molecule has 0 amide bonds. The third-order valence-electron chi connectivity index (χ3n) is 4.84. The fourth-order valence-corrected chi connectivity index (χ4v) is 3.61. The molecule has 1 heteroatoms. The lowest BCUT2D eigenvalue weighted by Crippen LogP contribution is -2.58. The maximum Gasteiger partial charge on any atom is -0.00203 e. The van der Waals surface area contributed by atoms with Gasteiger partial charge in [0, 0.05) is 0 Å². The summed E-state index contributed by atoms with van der Waals surface area (Å²) in [5.74, 6) is 1.90. The van der Waals surface area contributed by atoms with Crippen LogP contribution in [0.3, 0.4) is 0 Å². The van der Waals surface area contributed by atoms with Crippen LogP contribution < -0.4 is 5.73 Å². The maximum absolute atomic E-state index is 5.87. The van der Waals surface area contributed by atoms with Crippen LogP contribution in [-0.4, -0.2) is 6.54 Å². The first kappa shape index (κ1) is 8.55. The summed E-state index contributed by atoms with van der Waals surface area (Å²) in [5, 5.41) is 0. The third kappa shape index (κ3) is 0.834. The number of fused-ring (bicyclic) bond motifs is 2. The minimum absolute atomic E-state index is 0.457. The first-order valence-corrected chi connectivity index (χ1v) is 5.21. The molecular formula is C11H21N. The van der Waals surface area contributed by atoms with Gasteiger partial charge in [-0.2, -0.15) is 0 Å². The van der Waals surface area contributed by atoms with Crippen LogP contribution in [0.5, 0.6) is 0 Å². The average Bonchev–Trinajstić information content (AvgIpc) is 2.04. The van der Waals surface area contributed by atoms with Crippen molar-refractivity contribution in [2.24, 2.45) is 28.4 Å². The summed E-state index contributed by atoms with van der Waals surface area (Å²) >= 11 is 0. The molecular weight excluding hydrogens is 146 g/mol. The second kappa shape index (κ2) is 2.25. The Hall–Kier alpha value is -0.0400. The van der Waals surface area contributed by atoms with Crippen LogP contribution in [0.4, 0.5) is 0 Å². The molecule has 3 fully saturated rings. The lowest BCUT2D eigenvalue weighted by molar-refractivity contribution is -0.145. The van der Waals surface area contributed by atoms with E-state index in [0.717, 1.165) is 18.4 Å². The van der Waals surface area contributed by atoms with Gasteiger partial charge >= 0.3 is 0 Å². The van der Waals surface area contributed by atoms with Gasteiger partial charge in [-0.1, -0.05) is 20.8 Å². The number of nitrogens with two attached hydrogens (primary N) is 1. The zero-order chi connectivity index (χ0) is 8.98. The van der Waals surface area contributed by atoms with Crippen molar-refractivity contribution in [3.8, 4) is 0 Å². The molecule has 12 heavy (non-hydrogen) atoms. The lowest BCUT2D eigenvalue weighted by atomic mass is 9.41. The summed E-state index contributed by atoms with van der Waals surface area (Å²) in [5.41, 5.74) is 6.92. The summed E-state index contributed by atoms with van der Waals surface area (Å²) in [6.07, 6.45) is 4.22. The topological polar surface area (TPSA) is 26.0 Å². The molecule has 0 spiro atoms. The monoisotopic (exact) mass is 167 g/mol. The fraction of sp³-hybridized carbons (Fsp3) is 1.00. The van der Waals surface area contributed by atoms with E-state index in [0.29, 0.717) is 10.8 Å². The van der Waals surface area contributed by atoms with E-state index in [1.807, 2.05) is 0 Å². The zero-order valence-corrected chi connectivity index (χ0v) is 8.56. The number of rotatable bonds is 1. The summed E-state index contributed by atoms with van der Waals surface area (Å²) < 4.78 is 0. The number of hydrogen-bond donors (Lipinski definition) is 1. The molecule has 3 atom stereocenters. The minimum atomic E-state index is 0.457. The lowest BCUT2D eigenvalue weighted by Gasteiger charge is -2.64. The molecule has 0 aromatic carbocycles. The van der Waals surface area contributed by atoms with Crippen molar-refractivity contribution in [1.29, 1.82) is 0 Å². The normalized spacial score (nSPS) is 50.0. The van der Waals surface area contributed by atoms with Gasteiger partial charge in [-0.25, -0.2) is 0 Å². The Balaban J connectivity index is 2.21. The molecule has 0 radical (unpaired) electrons. The molecule has 2 N–H and O–H groups in total. The molecule has 3 rings (SSSR count). The zero-order valence-electron chi connectivity index (χ0n) is 8.56. The van der Waals surface area contributed by atoms with E-state index < -0.39 is 0 Å². The quantitative estimate of drug-likeness (QED) is 0.637. The van der Waals surface area contributed by atoms with Crippen molar-refractivity contribution in [3.63, 3.8) is 0 Å². The Labute approximate surface area is 75.7 Å². The highest BCUT2D eigenvalue weighted by atomic mass is 14.7. The summed E-state index contributed by atoms with van der Waals surface area (Å²) in [6, 6.07) is 0. The molecule has 3 aliphatic carbocycles. The van der Waals surface area contributed by atoms with Gasteiger partial charge in [0.25, 0.3) is 0 Å². The van der Waals surface area contributed by atoms with E-state index in [9.17, 15) is 0 Å². The van der Waals surface area contributed by atoms with Crippen LogP contribution in [-0.2, 0) is 0 Å². The van der Waals surface area contributed by atoms with Gasteiger partial charge < -0.3 is 5.73 Å². The van der Waals surface area contributed by atoms with Crippen LogP contribution in [0, 0.1) is 22.7 Å². The van der Waals surface area contributed by atoms with Gasteiger partial charge in [0.2, 0.25) is 0 Å². The molecule has 0 heterocycles. The Morgan fingerprint density at radius 1 is 1.33 bits per heavy atom. The largest absolute Gasteiger partial charge is 0.330 e. The summed E-state index contributed by atoms with van der Waals surface area (Å²) in [6.45, 7) is 8.13. The van der Waals surface area contributed by atoms with Gasteiger partial charge in [-0.15, -0.1) is 0 Å². The van der Waals surface area contributed by atoms with Gasteiger partial charge in [0.1, 0.15) is 0 Å². The molecule has 3 saturated carbocycles. The van der Waals surface area contributed by atoms with Crippen molar-refractivity contribution >= 4 is 0 Å². The molecule has 1 unspecified atom stereocenters. The van der Waals surface area contributed by atoms with Crippen LogP contribution in [0.1, 0.15) is 40.0 Å². The van der Waals surface area contributed by atoms with E-state index in [-0.39, 0.29) is 0 Å². The van der Waals surface area contributed by atoms with Gasteiger partial charge in [0.05, 0.1) is 0 Å². The maximum atomic E-state index is 5.87. The van der Waals surface area contributed by atoms with Crippen molar-refractivity contribution in [2.75, 3.05) is 6.54 Å². The Bertz CT molecular complexity index is 195. The molecule has 0 aromatic heterocycles. The standard InChI is InChI=1S/C11H21N/c1-10(2)8-4-5-11(3,7-12)9(10)6-8/h8-9H,4-7,12H2,1-3H3/t8-,9+,11?/m0/s1. The van der Waals surface area contributed by atoms with E-state index >= 15 is 0 Å². The Morgan fingerprint density at radius 3 is 2.33 bits per heavy atom. The average molecular weight is 167 g/mol. The highest BCUT2D eigenvalue weighted by Crippen LogP contribution is 2.65. The van der Waals surface area contributed by atoms with Crippen LogP contribution in [0.25, 0.3) is 0 Å². The molecule has 2 bridgehead atoms. The van der Waals surface area contributed by atoms with E-state index in [4.69, 9.17) is 5.73 Å². The molecule has 0 aromatic rings. The smallest absolute Gasteiger partial charge is 0.00203 e. The first-order valence-electron chi connectivity index (χ1n) is 5.21. The second-order valence-corrected chi connectivity index (χ2v) is 5.70. The fourth-order valence-electron chi connectivity index (χ4n) is 3.61.